The predicted molar refractivity (Wildman–Crippen MR) is 113 cm³/mol. The molecule has 1 saturated heterocycles. The number of rotatable bonds is 9. The number of carbonyl (C=O) groups is 1. The molecule has 0 saturated carbocycles. The molecular weight excluding hydrogens is 394 g/mol. The average molecular weight is 428 g/mol. The highest BCUT2D eigenvalue weighted by molar-refractivity contribution is 7.86. The second-order valence-corrected chi connectivity index (χ2v) is 9.64. The minimum absolute atomic E-state index is 0.265. The van der Waals surface area contributed by atoms with Crippen LogP contribution in [-0.4, -0.2) is 62.8 Å². The molecule has 0 aliphatic carbocycles. The first-order valence-electron chi connectivity index (χ1n) is 10.1. The van der Waals surface area contributed by atoms with Gasteiger partial charge in [0.2, 0.25) is 5.91 Å². The van der Waals surface area contributed by atoms with Crippen LogP contribution in [0.5, 0.6) is 11.5 Å². The molecule has 1 aromatic carbocycles. The fraction of sp³-hybridized carbons (Fsp3) is 0.650. The Bertz CT molecular complexity index is 789. The van der Waals surface area contributed by atoms with Crippen molar-refractivity contribution in [3.05, 3.63) is 18.2 Å². The van der Waals surface area contributed by atoms with E-state index in [0.29, 0.717) is 55.3 Å². The summed E-state index contributed by atoms with van der Waals surface area (Å²) in [4.78, 5) is 12.5. The van der Waals surface area contributed by atoms with Gasteiger partial charge in [0.25, 0.3) is 10.2 Å². The van der Waals surface area contributed by atoms with Crippen LogP contribution < -0.4 is 14.8 Å². The number of nitrogens with zero attached hydrogens (tertiary/aromatic N) is 2. The molecule has 1 aliphatic rings. The molecule has 2 atom stereocenters. The van der Waals surface area contributed by atoms with Gasteiger partial charge < -0.3 is 14.8 Å². The summed E-state index contributed by atoms with van der Waals surface area (Å²) in [6, 6.07) is 5.10. The van der Waals surface area contributed by atoms with Gasteiger partial charge in [-0.1, -0.05) is 13.8 Å². The molecular formula is C20H33N3O5S. The van der Waals surface area contributed by atoms with E-state index in [2.05, 4.69) is 5.32 Å². The summed E-state index contributed by atoms with van der Waals surface area (Å²) in [6.45, 7) is 9.50. The second kappa shape index (κ2) is 10.3. The molecule has 0 aromatic heterocycles. The van der Waals surface area contributed by atoms with Gasteiger partial charge in [-0.05, 0) is 44.2 Å². The van der Waals surface area contributed by atoms with Crippen LogP contribution in [0, 0.1) is 11.8 Å². The number of hydrogen-bond donors (Lipinski definition) is 1. The number of anilines is 1. The Balaban J connectivity index is 2.03. The quantitative estimate of drug-likeness (QED) is 0.654. The fourth-order valence-corrected chi connectivity index (χ4v) is 5.16. The molecule has 8 nitrogen and oxygen atoms in total. The van der Waals surface area contributed by atoms with Crippen LogP contribution >= 0.6 is 0 Å². The van der Waals surface area contributed by atoms with Gasteiger partial charge in [-0.3, -0.25) is 4.79 Å². The molecule has 0 spiro atoms. The zero-order chi connectivity index (χ0) is 21.6. The Kier molecular flexibility index (Phi) is 8.30. The zero-order valence-electron chi connectivity index (χ0n) is 18.0. The zero-order valence-corrected chi connectivity index (χ0v) is 18.8. The van der Waals surface area contributed by atoms with Crippen molar-refractivity contribution in [2.24, 2.45) is 11.8 Å². The lowest BCUT2D eigenvalue weighted by molar-refractivity contribution is -0.116. The highest BCUT2D eigenvalue weighted by atomic mass is 32.2. The standard InChI is InChI=1S/C20H33N3O5S/c1-6-27-18-9-8-17(11-19(18)28-7-2)21-20(24)14-22(5)29(25,26)23-12-15(3)10-16(4)13-23/h8-9,11,15-16H,6-7,10,12-14H2,1-5H3,(H,21,24)/t15-,16-/m1/s1. The summed E-state index contributed by atoms with van der Waals surface area (Å²) >= 11 is 0. The first-order chi connectivity index (χ1) is 13.7. The summed E-state index contributed by atoms with van der Waals surface area (Å²) in [6.07, 6.45) is 1.01. The number of benzene rings is 1. The van der Waals surface area contributed by atoms with E-state index in [9.17, 15) is 13.2 Å². The Morgan fingerprint density at radius 3 is 2.31 bits per heavy atom. The van der Waals surface area contributed by atoms with Crippen molar-refractivity contribution in [1.82, 2.24) is 8.61 Å². The number of likely N-dealkylation sites (N-methyl/N-ethyl adjacent to an activating group) is 1. The van der Waals surface area contributed by atoms with Crippen molar-refractivity contribution in [2.75, 3.05) is 45.2 Å². The maximum Gasteiger partial charge on any atom is 0.282 e. The van der Waals surface area contributed by atoms with Gasteiger partial charge in [-0.25, -0.2) is 0 Å². The Morgan fingerprint density at radius 2 is 1.72 bits per heavy atom. The van der Waals surface area contributed by atoms with Gasteiger partial charge >= 0.3 is 0 Å². The largest absolute Gasteiger partial charge is 0.490 e. The minimum Gasteiger partial charge on any atom is -0.490 e. The molecule has 0 unspecified atom stereocenters. The second-order valence-electron chi connectivity index (χ2n) is 7.60. The van der Waals surface area contributed by atoms with Crippen molar-refractivity contribution < 1.29 is 22.7 Å². The summed E-state index contributed by atoms with van der Waals surface area (Å²) < 4.78 is 39.4. The molecule has 164 valence electrons. The maximum absolute atomic E-state index is 12.9. The Hall–Kier alpha value is -1.84. The summed E-state index contributed by atoms with van der Waals surface area (Å²) in [5.41, 5.74) is 0.521. The third kappa shape index (κ3) is 6.32. The monoisotopic (exact) mass is 427 g/mol. The molecule has 1 amide bonds. The lowest BCUT2D eigenvalue weighted by Gasteiger charge is -2.36. The van der Waals surface area contributed by atoms with Crippen LogP contribution in [0.1, 0.15) is 34.1 Å². The molecule has 9 heteroatoms. The van der Waals surface area contributed by atoms with E-state index in [-0.39, 0.29) is 6.54 Å². The van der Waals surface area contributed by atoms with Crippen LogP contribution in [0.2, 0.25) is 0 Å². The molecule has 1 heterocycles. The van der Waals surface area contributed by atoms with Gasteiger partial charge in [-0.2, -0.15) is 17.0 Å². The van der Waals surface area contributed by atoms with Gasteiger partial charge in [0.1, 0.15) is 0 Å². The van der Waals surface area contributed by atoms with E-state index in [0.717, 1.165) is 10.7 Å². The normalized spacial score (nSPS) is 20.5. The van der Waals surface area contributed by atoms with Gasteiger partial charge in [0.15, 0.2) is 11.5 Å². The first-order valence-corrected chi connectivity index (χ1v) is 11.5. The number of nitrogens with one attached hydrogen (secondary N) is 1. The van der Waals surface area contributed by atoms with E-state index in [1.54, 1.807) is 18.2 Å². The Morgan fingerprint density at radius 1 is 1.14 bits per heavy atom. The molecule has 0 radical (unpaired) electrons. The van der Waals surface area contributed by atoms with Crippen molar-refractivity contribution in [1.29, 1.82) is 0 Å². The van der Waals surface area contributed by atoms with E-state index in [1.165, 1.54) is 11.4 Å². The van der Waals surface area contributed by atoms with Crippen LogP contribution in [0.15, 0.2) is 18.2 Å². The van der Waals surface area contributed by atoms with Crippen molar-refractivity contribution >= 4 is 21.8 Å². The number of carbonyl (C=O) groups excluding carboxylic acids is 1. The Labute approximate surface area is 174 Å². The minimum atomic E-state index is -3.68. The average Bonchev–Trinajstić information content (AvgIpc) is 2.63. The van der Waals surface area contributed by atoms with Crippen LogP contribution in [0.25, 0.3) is 0 Å². The van der Waals surface area contributed by atoms with Gasteiger partial charge in [0, 0.05) is 31.9 Å². The van der Waals surface area contributed by atoms with Gasteiger partial charge in [0.05, 0.1) is 19.8 Å². The SMILES string of the molecule is CCOc1ccc(NC(=O)CN(C)S(=O)(=O)N2C[C@H](C)C[C@@H](C)C2)cc1OCC. The predicted octanol–water partition coefficient (Wildman–Crippen LogP) is 2.58. The third-order valence-corrected chi connectivity index (χ3v) is 6.62. The molecule has 1 aliphatic heterocycles. The smallest absolute Gasteiger partial charge is 0.282 e. The van der Waals surface area contributed by atoms with Crippen LogP contribution in [0.3, 0.4) is 0 Å². The van der Waals surface area contributed by atoms with Gasteiger partial charge in [-0.15, -0.1) is 0 Å². The summed E-state index contributed by atoms with van der Waals surface area (Å²) in [5, 5.41) is 2.73. The van der Waals surface area contributed by atoms with E-state index in [4.69, 9.17) is 9.47 Å². The molecule has 2 rings (SSSR count). The van der Waals surface area contributed by atoms with Crippen molar-refractivity contribution in [3.8, 4) is 11.5 Å². The van der Waals surface area contributed by atoms with Crippen LogP contribution in [0.4, 0.5) is 5.69 Å². The fourth-order valence-electron chi connectivity index (χ4n) is 3.60. The van der Waals surface area contributed by atoms with Crippen molar-refractivity contribution in [3.63, 3.8) is 0 Å². The highest BCUT2D eigenvalue weighted by Crippen LogP contribution is 2.30. The van der Waals surface area contributed by atoms with Crippen molar-refractivity contribution in [2.45, 2.75) is 34.1 Å². The number of amides is 1. The number of hydrogen-bond acceptors (Lipinski definition) is 5. The molecule has 29 heavy (non-hydrogen) atoms. The van der Waals surface area contributed by atoms with E-state index >= 15 is 0 Å². The lowest BCUT2D eigenvalue weighted by Crippen LogP contribution is -2.49. The first kappa shape index (κ1) is 23.4. The molecule has 1 N–H and O–H groups in total. The third-order valence-electron chi connectivity index (χ3n) is 4.75. The maximum atomic E-state index is 12.9. The lowest BCUT2D eigenvalue weighted by atomic mass is 9.94. The van der Waals surface area contributed by atoms with E-state index < -0.39 is 16.1 Å². The summed E-state index contributed by atoms with van der Waals surface area (Å²) in [5.74, 6) is 1.32. The topological polar surface area (TPSA) is 88.2 Å². The summed E-state index contributed by atoms with van der Waals surface area (Å²) in [7, 11) is -2.25. The molecule has 1 aromatic rings. The van der Waals surface area contributed by atoms with Crippen LogP contribution in [-0.2, 0) is 15.0 Å². The molecule has 0 bridgehead atoms. The van der Waals surface area contributed by atoms with E-state index in [1.807, 2.05) is 27.7 Å². The molecule has 1 fully saturated rings. The highest BCUT2D eigenvalue weighted by Gasteiger charge is 2.33. The number of ether oxygens (including phenoxy) is 2. The number of piperidine rings is 1.